The van der Waals surface area contributed by atoms with Gasteiger partial charge in [0.05, 0.1) is 4.90 Å². The Kier molecular flexibility index (Phi) is 7.09. The maximum Gasteiger partial charge on any atom is 0.322 e. The number of benzene rings is 3. The third-order valence-electron chi connectivity index (χ3n) is 5.42. The number of aromatic nitrogens is 2. The van der Waals surface area contributed by atoms with E-state index in [0.717, 1.165) is 22.3 Å². The number of carbonyl (C=O) groups is 1. The van der Waals surface area contributed by atoms with Crippen LogP contribution in [0, 0.1) is 13.8 Å². The van der Waals surface area contributed by atoms with E-state index in [1.807, 2.05) is 62.4 Å². The van der Waals surface area contributed by atoms with Crippen LogP contribution in [0.3, 0.4) is 0 Å². The van der Waals surface area contributed by atoms with Crippen LogP contribution >= 0.6 is 0 Å². The highest BCUT2D eigenvalue weighted by atomic mass is 32.2. The molecule has 0 aliphatic heterocycles. The van der Waals surface area contributed by atoms with Crippen molar-refractivity contribution in [3.05, 3.63) is 95.1 Å². The first kappa shape index (κ1) is 24.3. The molecule has 35 heavy (non-hydrogen) atoms. The Hall–Kier alpha value is -3.82. The highest BCUT2D eigenvalue weighted by Gasteiger charge is 2.24. The molecule has 1 heterocycles. The van der Waals surface area contributed by atoms with Gasteiger partial charge in [0.1, 0.15) is 0 Å². The first-order chi connectivity index (χ1) is 16.8. The summed E-state index contributed by atoms with van der Waals surface area (Å²) in [4.78, 5) is 12.8. The Morgan fingerprint density at radius 1 is 0.943 bits per heavy atom. The van der Waals surface area contributed by atoms with Crippen LogP contribution in [0.4, 0.5) is 6.01 Å². The van der Waals surface area contributed by atoms with E-state index in [1.54, 1.807) is 6.92 Å². The van der Waals surface area contributed by atoms with E-state index in [1.165, 1.54) is 28.6 Å². The van der Waals surface area contributed by atoms with Gasteiger partial charge in [0.25, 0.3) is 5.91 Å². The second-order valence-corrected chi connectivity index (χ2v) is 10.1. The summed E-state index contributed by atoms with van der Waals surface area (Å²) in [5, 5.41) is 10.5. The maximum atomic E-state index is 13.1. The second-order valence-electron chi connectivity index (χ2n) is 8.18. The first-order valence-electron chi connectivity index (χ1n) is 11.1. The van der Waals surface area contributed by atoms with Crippen LogP contribution < -0.4 is 5.32 Å². The summed E-state index contributed by atoms with van der Waals surface area (Å²) in [6.07, 6.45) is 0. The number of hydrogen-bond donors (Lipinski definition) is 1. The number of nitrogens with zero attached hydrogens (tertiary/aromatic N) is 3. The van der Waals surface area contributed by atoms with E-state index in [2.05, 4.69) is 15.5 Å². The summed E-state index contributed by atoms with van der Waals surface area (Å²) in [6, 6.07) is 21.0. The predicted molar refractivity (Wildman–Crippen MR) is 133 cm³/mol. The highest BCUT2D eigenvalue weighted by Crippen LogP contribution is 2.23. The van der Waals surface area contributed by atoms with E-state index >= 15 is 0 Å². The number of nitrogens with one attached hydrogen (secondary N) is 1. The maximum absolute atomic E-state index is 13.1. The summed E-state index contributed by atoms with van der Waals surface area (Å²) in [6.45, 7) is 6.32. The molecule has 0 atom stereocenters. The van der Waals surface area contributed by atoms with Crippen LogP contribution in [0.25, 0.3) is 11.5 Å². The van der Waals surface area contributed by atoms with Crippen molar-refractivity contribution in [3.8, 4) is 11.5 Å². The van der Waals surface area contributed by atoms with Crippen molar-refractivity contribution in [2.24, 2.45) is 0 Å². The topological polar surface area (TPSA) is 105 Å². The van der Waals surface area contributed by atoms with Gasteiger partial charge in [-0.2, -0.15) is 4.31 Å². The van der Waals surface area contributed by atoms with Gasteiger partial charge in [0.15, 0.2) is 0 Å². The smallest absolute Gasteiger partial charge is 0.322 e. The molecule has 1 aromatic heterocycles. The molecule has 0 unspecified atom stereocenters. The molecule has 1 N–H and O–H groups in total. The fourth-order valence-corrected chi connectivity index (χ4v) is 5.18. The number of aryl methyl sites for hydroxylation is 2. The van der Waals surface area contributed by atoms with E-state index < -0.39 is 15.9 Å². The Bertz CT molecular complexity index is 1410. The summed E-state index contributed by atoms with van der Waals surface area (Å²) in [7, 11) is -3.72. The SMILES string of the molecule is CCN(Cc1ccccc1)S(=O)(=O)c1ccc(C(=O)Nc2nnc(-c3cc(C)cc(C)c3)o2)cc1. The van der Waals surface area contributed by atoms with E-state index in [0.29, 0.717) is 12.4 Å². The predicted octanol–water partition coefficient (Wildman–Crippen LogP) is 4.82. The molecule has 180 valence electrons. The van der Waals surface area contributed by atoms with Gasteiger partial charge in [0, 0.05) is 24.2 Å². The molecular formula is C26H26N4O4S. The molecule has 0 radical (unpaired) electrons. The van der Waals surface area contributed by atoms with E-state index in [9.17, 15) is 13.2 Å². The molecule has 0 aliphatic carbocycles. The molecule has 0 fully saturated rings. The standard InChI is InChI=1S/C26H26N4O4S/c1-4-30(17-20-8-6-5-7-9-20)35(32,33)23-12-10-21(11-13-23)24(31)27-26-29-28-25(34-26)22-15-18(2)14-19(3)16-22/h5-16H,4,17H2,1-3H3,(H,27,29,31). The molecule has 1 amide bonds. The van der Waals surface area contributed by atoms with Crippen LogP contribution in [0.1, 0.15) is 34.0 Å². The number of carbonyl (C=O) groups excluding carboxylic acids is 1. The molecule has 0 spiro atoms. The van der Waals surface area contributed by atoms with Gasteiger partial charge in [-0.25, -0.2) is 8.42 Å². The Balaban J connectivity index is 1.46. The van der Waals surface area contributed by atoms with Gasteiger partial charge in [-0.1, -0.05) is 59.5 Å². The average molecular weight is 491 g/mol. The van der Waals surface area contributed by atoms with E-state index in [4.69, 9.17) is 4.42 Å². The lowest BCUT2D eigenvalue weighted by Gasteiger charge is -2.20. The molecule has 8 nitrogen and oxygen atoms in total. The van der Waals surface area contributed by atoms with Crippen molar-refractivity contribution < 1.29 is 17.6 Å². The summed E-state index contributed by atoms with van der Waals surface area (Å²) in [5.74, 6) is -0.187. The zero-order valence-electron chi connectivity index (χ0n) is 19.7. The zero-order chi connectivity index (χ0) is 25.0. The third kappa shape index (κ3) is 5.64. The van der Waals surface area contributed by atoms with Crippen molar-refractivity contribution >= 4 is 21.9 Å². The first-order valence-corrected chi connectivity index (χ1v) is 12.6. The van der Waals surface area contributed by atoms with Crippen LogP contribution in [-0.2, 0) is 16.6 Å². The zero-order valence-corrected chi connectivity index (χ0v) is 20.5. The summed E-state index contributed by atoms with van der Waals surface area (Å²) < 4.78 is 33.2. The highest BCUT2D eigenvalue weighted by molar-refractivity contribution is 7.89. The lowest BCUT2D eigenvalue weighted by molar-refractivity contribution is 0.102. The minimum absolute atomic E-state index is 0.0409. The summed E-state index contributed by atoms with van der Waals surface area (Å²) in [5.41, 5.74) is 4.05. The molecular weight excluding hydrogens is 464 g/mol. The molecule has 9 heteroatoms. The quantitative estimate of drug-likeness (QED) is 0.380. The number of anilines is 1. The number of hydrogen-bond acceptors (Lipinski definition) is 6. The normalized spacial score (nSPS) is 11.5. The molecule has 0 bridgehead atoms. The van der Waals surface area contributed by atoms with Crippen LogP contribution in [0.15, 0.2) is 82.1 Å². The van der Waals surface area contributed by atoms with Crippen LogP contribution in [0.5, 0.6) is 0 Å². The molecule has 0 aliphatic rings. The van der Waals surface area contributed by atoms with Crippen molar-refractivity contribution in [3.63, 3.8) is 0 Å². The molecule has 0 saturated carbocycles. The Labute approximate surface area is 204 Å². The van der Waals surface area contributed by atoms with Crippen LogP contribution in [-0.4, -0.2) is 35.4 Å². The Morgan fingerprint density at radius 3 is 2.23 bits per heavy atom. The van der Waals surface area contributed by atoms with Crippen molar-refractivity contribution in [1.29, 1.82) is 0 Å². The molecule has 3 aromatic carbocycles. The van der Waals surface area contributed by atoms with Gasteiger partial charge in [-0.05, 0) is 55.8 Å². The van der Waals surface area contributed by atoms with Crippen LogP contribution in [0.2, 0.25) is 0 Å². The van der Waals surface area contributed by atoms with Gasteiger partial charge in [-0.15, -0.1) is 5.10 Å². The summed E-state index contributed by atoms with van der Waals surface area (Å²) >= 11 is 0. The van der Waals surface area contributed by atoms with Gasteiger partial charge >= 0.3 is 6.01 Å². The van der Waals surface area contributed by atoms with Crippen molar-refractivity contribution in [2.75, 3.05) is 11.9 Å². The fraction of sp³-hybridized carbons (Fsp3) is 0.192. The van der Waals surface area contributed by atoms with E-state index in [-0.39, 0.29) is 23.0 Å². The van der Waals surface area contributed by atoms with Crippen molar-refractivity contribution in [1.82, 2.24) is 14.5 Å². The average Bonchev–Trinajstić information content (AvgIpc) is 3.31. The number of rotatable bonds is 8. The fourth-order valence-electron chi connectivity index (χ4n) is 3.74. The molecule has 4 rings (SSSR count). The monoisotopic (exact) mass is 490 g/mol. The lowest BCUT2D eigenvalue weighted by Crippen LogP contribution is -2.30. The molecule has 0 saturated heterocycles. The third-order valence-corrected chi connectivity index (χ3v) is 7.36. The largest absolute Gasteiger partial charge is 0.403 e. The van der Waals surface area contributed by atoms with Gasteiger partial charge in [-0.3, -0.25) is 10.1 Å². The second kappa shape index (κ2) is 10.2. The number of sulfonamides is 1. The lowest BCUT2D eigenvalue weighted by atomic mass is 10.1. The minimum atomic E-state index is -3.72. The minimum Gasteiger partial charge on any atom is -0.403 e. The van der Waals surface area contributed by atoms with Gasteiger partial charge < -0.3 is 4.42 Å². The number of amides is 1. The Morgan fingerprint density at radius 2 is 1.60 bits per heavy atom. The van der Waals surface area contributed by atoms with Crippen molar-refractivity contribution in [2.45, 2.75) is 32.2 Å². The molecule has 4 aromatic rings. The van der Waals surface area contributed by atoms with Gasteiger partial charge in [0.2, 0.25) is 15.9 Å².